The predicted octanol–water partition coefficient (Wildman–Crippen LogP) is 4.91. The number of nitrogens with zero attached hydrogens (tertiary/aromatic N) is 2. The molecule has 118 valence electrons. The van der Waals surface area contributed by atoms with Crippen molar-refractivity contribution in [1.29, 1.82) is 0 Å². The summed E-state index contributed by atoms with van der Waals surface area (Å²) in [6.07, 6.45) is 0. The third-order valence-electron chi connectivity index (χ3n) is 2.92. The molecule has 1 heterocycles. The first-order chi connectivity index (χ1) is 11.0. The Morgan fingerprint density at radius 1 is 1.09 bits per heavy atom. The third-order valence-corrected chi connectivity index (χ3v) is 3.41. The highest BCUT2D eigenvalue weighted by Crippen LogP contribution is 2.33. The lowest BCUT2D eigenvalue weighted by atomic mass is 10.2. The molecule has 0 atom stereocenters. The molecule has 0 bridgehead atoms. The summed E-state index contributed by atoms with van der Waals surface area (Å²) < 4.78 is 48.1. The van der Waals surface area contributed by atoms with E-state index in [9.17, 15) is 13.2 Å². The Morgan fingerprint density at radius 2 is 1.83 bits per heavy atom. The number of hydrogen-bond acceptors (Lipinski definition) is 4. The van der Waals surface area contributed by atoms with Crippen LogP contribution in [0.5, 0.6) is 5.75 Å². The molecule has 0 saturated heterocycles. The van der Waals surface area contributed by atoms with E-state index in [1.165, 1.54) is 36.4 Å². The molecule has 0 N–H and O–H groups in total. The zero-order valence-corrected chi connectivity index (χ0v) is 12.9. The largest absolute Gasteiger partial charge is 0.434 e. The Labute approximate surface area is 137 Å². The van der Waals surface area contributed by atoms with Gasteiger partial charge in [0, 0.05) is 10.0 Å². The number of alkyl halides is 2. The summed E-state index contributed by atoms with van der Waals surface area (Å²) >= 11 is 3.24. The van der Waals surface area contributed by atoms with Crippen LogP contribution < -0.4 is 4.74 Å². The van der Waals surface area contributed by atoms with Gasteiger partial charge in [-0.2, -0.15) is 13.8 Å². The van der Waals surface area contributed by atoms with Crippen molar-refractivity contribution < 1.29 is 22.4 Å². The van der Waals surface area contributed by atoms with E-state index in [1.54, 1.807) is 6.07 Å². The number of hydrogen-bond donors (Lipinski definition) is 0. The highest BCUT2D eigenvalue weighted by molar-refractivity contribution is 9.10. The highest BCUT2D eigenvalue weighted by Gasteiger charge is 2.18. The number of halogens is 4. The molecule has 1 aromatic heterocycles. The van der Waals surface area contributed by atoms with Crippen molar-refractivity contribution >= 4 is 15.9 Å². The van der Waals surface area contributed by atoms with Crippen LogP contribution in [-0.4, -0.2) is 16.8 Å². The lowest BCUT2D eigenvalue weighted by Crippen LogP contribution is -2.03. The fraction of sp³-hybridized carbons (Fsp3) is 0.0667. The van der Waals surface area contributed by atoms with Gasteiger partial charge >= 0.3 is 6.61 Å². The Morgan fingerprint density at radius 3 is 2.52 bits per heavy atom. The topological polar surface area (TPSA) is 48.2 Å². The zero-order valence-electron chi connectivity index (χ0n) is 11.3. The van der Waals surface area contributed by atoms with Crippen molar-refractivity contribution in [3.8, 4) is 28.6 Å². The lowest BCUT2D eigenvalue weighted by molar-refractivity contribution is -0.0495. The second kappa shape index (κ2) is 6.41. The average molecular weight is 385 g/mol. The van der Waals surface area contributed by atoms with E-state index in [0.717, 1.165) is 0 Å². The molecule has 0 spiro atoms. The van der Waals surface area contributed by atoms with E-state index in [-0.39, 0.29) is 23.0 Å². The fourth-order valence-electron chi connectivity index (χ4n) is 1.92. The fourth-order valence-corrected chi connectivity index (χ4v) is 2.28. The van der Waals surface area contributed by atoms with Gasteiger partial charge in [0.2, 0.25) is 5.82 Å². The maximum absolute atomic E-state index is 12.9. The quantitative estimate of drug-likeness (QED) is 0.641. The van der Waals surface area contributed by atoms with Gasteiger partial charge in [-0.05, 0) is 42.5 Å². The zero-order chi connectivity index (χ0) is 16.4. The minimum atomic E-state index is -2.98. The van der Waals surface area contributed by atoms with Gasteiger partial charge < -0.3 is 9.26 Å². The molecule has 23 heavy (non-hydrogen) atoms. The maximum atomic E-state index is 12.9. The first-order valence-corrected chi connectivity index (χ1v) is 7.16. The van der Waals surface area contributed by atoms with Gasteiger partial charge in [0.25, 0.3) is 5.89 Å². The monoisotopic (exact) mass is 384 g/mol. The van der Waals surface area contributed by atoms with Crippen molar-refractivity contribution in [1.82, 2.24) is 10.1 Å². The van der Waals surface area contributed by atoms with E-state index >= 15 is 0 Å². The molecule has 0 aliphatic rings. The van der Waals surface area contributed by atoms with E-state index in [2.05, 4.69) is 30.8 Å². The van der Waals surface area contributed by atoms with Crippen LogP contribution in [0.3, 0.4) is 0 Å². The van der Waals surface area contributed by atoms with Gasteiger partial charge in [0.05, 0.1) is 5.56 Å². The second-order valence-corrected chi connectivity index (χ2v) is 5.36. The molecule has 0 aliphatic heterocycles. The number of benzene rings is 2. The summed E-state index contributed by atoms with van der Waals surface area (Å²) in [4.78, 5) is 4.14. The molecular formula is C15H8BrF3N2O2. The van der Waals surface area contributed by atoms with Crippen molar-refractivity contribution in [3.63, 3.8) is 0 Å². The summed E-state index contributed by atoms with van der Waals surface area (Å²) in [5, 5.41) is 3.78. The highest BCUT2D eigenvalue weighted by atomic mass is 79.9. The first kappa shape index (κ1) is 15.5. The summed E-state index contributed by atoms with van der Waals surface area (Å²) in [6.45, 7) is -2.98. The van der Waals surface area contributed by atoms with Crippen LogP contribution in [0.4, 0.5) is 13.2 Å². The van der Waals surface area contributed by atoms with Crippen LogP contribution in [0.15, 0.2) is 51.5 Å². The Hall–Kier alpha value is -2.35. The van der Waals surface area contributed by atoms with Crippen molar-refractivity contribution in [2.75, 3.05) is 0 Å². The normalized spacial score (nSPS) is 11.0. The lowest BCUT2D eigenvalue weighted by Gasteiger charge is -2.08. The van der Waals surface area contributed by atoms with Crippen LogP contribution in [0.2, 0.25) is 0 Å². The summed E-state index contributed by atoms with van der Waals surface area (Å²) in [5.74, 6) is -0.251. The van der Waals surface area contributed by atoms with Crippen molar-refractivity contribution in [3.05, 3.63) is 52.8 Å². The number of ether oxygens (including phenoxy) is 1. The summed E-state index contributed by atoms with van der Waals surface area (Å²) in [7, 11) is 0. The van der Waals surface area contributed by atoms with Gasteiger partial charge in [-0.15, -0.1) is 0 Å². The van der Waals surface area contributed by atoms with E-state index in [1.807, 2.05) is 0 Å². The average Bonchev–Trinajstić information content (AvgIpc) is 2.99. The number of aromatic nitrogens is 2. The Kier molecular flexibility index (Phi) is 4.33. The molecule has 0 radical (unpaired) electrons. The maximum Gasteiger partial charge on any atom is 0.387 e. The Bertz CT molecular complexity index is 822. The van der Waals surface area contributed by atoms with Crippen LogP contribution >= 0.6 is 15.9 Å². The van der Waals surface area contributed by atoms with E-state index in [4.69, 9.17) is 4.52 Å². The van der Waals surface area contributed by atoms with E-state index < -0.39 is 12.4 Å². The third kappa shape index (κ3) is 3.53. The molecule has 4 nitrogen and oxygen atoms in total. The van der Waals surface area contributed by atoms with Crippen LogP contribution in [0, 0.1) is 5.82 Å². The molecular weight excluding hydrogens is 377 g/mol. The summed E-state index contributed by atoms with van der Waals surface area (Å²) in [5.41, 5.74) is 0.758. The molecule has 0 fully saturated rings. The SMILES string of the molecule is Fc1ccc(-c2noc(-c3cc(Br)ccc3OC(F)F)n2)cc1. The standard InChI is InChI=1S/C15H8BrF3N2O2/c16-9-3-6-12(22-15(18)19)11(7-9)14-20-13(21-23-14)8-1-4-10(17)5-2-8/h1-7,15H. The molecule has 0 aliphatic carbocycles. The van der Waals surface area contributed by atoms with Crippen LogP contribution in [0.1, 0.15) is 0 Å². The Balaban J connectivity index is 1.99. The van der Waals surface area contributed by atoms with Gasteiger partial charge in [0.15, 0.2) is 0 Å². The van der Waals surface area contributed by atoms with Gasteiger partial charge in [-0.25, -0.2) is 4.39 Å². The molecule has 8 heteroatoms. The smallest absolute Gasteiger partial charge is 0.387 e. The predicted molar refractivity (Wildman–Crippen MR) is 79.5 cm³/mol. The minimum Gasteiger partial charge on any atom is -0.434 e. The first-order valence-electron chi connectivity index (χ1n) is 6.37. The molecule has 3 aromatic rings. The molecule has 3 rings (SSSR count). The molecule has 0 unspecified atom stereocenters. The molecule has 2 aromatic carbocycles. The van der Waals surface area contributed by atoms with Gasteiger partial charge in [0.1, 0.15) is 11.6 Å². The van der Waals surface area contributed by atoms with Crippen molar-refractivity contribution in [2.24, 2.45) is 0 Å². The van der Waals surface area contributed by atoms with Crippen molar-refractivity contribution in [2.45, 2.75) is 6.61 Å². The molecule has 0 amide bonds. The second-order valence-electron chi connectivity index (χ2n) is 4.45. The summed E-state index contributed by atoms with van der Waals surface area (Å²) in [6, 6.07) is 9.94. The molecule has 0 saturated carbocycles. The van der Waals surface area contributed by atoms with Crippen LogP contribution in [0.25, 0.3) is 22.8 Å². The van der Waals surface area contributed by atoms with Gasteiger partial charge in [-0.3, -0.25) is 0 Å². The number of rotatable bonds is 4. The van der Waals surface area contributed by atoms with Gasteiger partial charge in [-0.1, -0.05) is 21.1 Å². The minimum absolute atomic E-state index is 0.0151. The van der Waals surface area contributed by atoms with Crippen LogP contribution in [-0.2, 0) is 0 Å². The van der Waals surface area contributed by atoms with E-state index in [0.29, 0.717) is 10.0 Å².